The molecule has 1 saturated heterocycles. The first kappa shape index (κ1) is 36.4. The number of aryl methyl sites for hydroxylation is 1. The molecule has 47 heavy (non-hydrogen) atoms. The molecule has 3 N–H and O–H groups in total. The highest BCUT2D eigenvalue weighted by Crippen LogP contribution is 2.32. The number of halogens is 1. The molecule has 1 aliphatic heterocycles. The molecule has 2 heterocycles. The number of amides is 3. The summed E-state index contributed by atoms with van der Waals surface area (Å²) in [6, 6.07) is 2.16. The number of carbonyl (C=O) groups is 3. The van der Waals surface area contributed by atoms with Crippen molar-refractivity contribution >= 4 is 33.4 Å². The van der Waals surface area contributed by atoms with Crippen LogP contribution in [0, 0.1) is 17.7 Å². The number of sulfonamides is 1. The minimum atomic E-state index is -3.78. The molecule has 1 aliphatic carbocycles. The second-order valence-corrected chi connectivity index (χ2v) is 15.1. The lowest BCUT2D eigenvalue weighted by Crippen LogP contribution is -2.58. The summed E-state index contributed by atoms with van der Waals surface area (Å²) < 4.78 is 48.2. The molecule has 4 atom stereocenters. The minimum absolute atomic E-state index is 0.00725. The maximum absolute atomic E-state index is 15.7. The lowest BCUT2D eigenvalue weighted by Gasteiger charge is -2.40. The molecule has 260 valence electrons. The second-order valence-electron chi connectivity index (χ2n) is 13.0. The molecule has 2 aromatic rings. The van der Waals surface area contributed by atoms with Crippen LogP contribution in [0.1, 0.15) is 88.0 Å². The van der Waals surface area contributed by atoms with Crippen molar-refractivity contribution in [3.05, 3.63) is 41.0 Å². The molecular formula is C32H48FN7O6S. The number of rotatable bonds is 12. The number of hydrogen-bond donors (Lipinski definition) is 3. The van der Waals surface area contributed by atoms with Crippen LogP contribution >= 0.6 is 0 Å². The number of nitrogens with zero attached hydrogens (tertiary/aromatic N) is 4. The largest absolute Gasteiger partial charge is 0.338 e. The fourth-order valence-corrected chi connectivity index (χ4v) is 7.10. The maximum Gasteiger partial charge on any atom is 0.276 e. The highest BCUT2D eigenvalue weighted by Gasteiger charge is 2.37. The summed E-state index contributed by atoms with van der Waals surface area (Å²) in [7, 11) is -1.81. The fraction of sp³-hybridized carbons (Fsp3) is 0.656. The van der Waals surface area contributed by atoms with Gasteiger partial charge in [-0.2, -0.15) is 0 Å². The van der Waals surface area contributed by atoms with Gasteiger partial charge in [-0.15, -0.1) is 0 Å². The monoisotopic (exact) mass is 677 g/mol. The molecule has 0 spiro atoms. The van der Waals surface area contributed by atoms with Gasteiger partial charge < -0.3 is 20.4 Å². The van der Waals surface area contributed by atoms with Crippen LogP contribution in [-0.2, 0) is 26.0 Å². The molecule has 0 unspecified atom stereocenters. The Kier molecular flexibility index (Phi) is 12.1. The van der Waals surface area contributed by atoms with E-state index in [4.69, 9.17) is 4.63 Å². The predicted molar refractivity (Wildman–Crippen MR) is 175 cm³/mol. The Morgan fingerprint density at radius 1 is 1.09 bits per heavy atom. The van der Waals surface area contributed by atoms with Crippen LogP contribution in [0.3, 0.4) is 0 Å². The Balaban J connectivity index is 1.54. The number of piperazine rings is 1. The van der Waals surface area contributed by atoms with Gasteiger partial charge in [0.25, 0.3) is 5.91 Å². The second kappa shape index (κ2) is 15.6. The molecule has 1 saturated carbocycles. The van der Waals surface area contributed by atoms with Crippen LogP contribution < -0.4 is 15.4 Å². The van der Waals surface area contributed by atoms with Crippen LogP contribution in [0.15, 0.2) is 22.8 Å². The van der Waals surface area contributed by atoms with Gasteiger partial charge in [0, 0.05) is 31.6 Å². The first-order valence-electron chi connectivity index (χ1n) is 16.5. The van der Waals surface area contributed by atoms with Gasteiger partial charge in [-0.05, 0) is 74.8 Å². The summed E-state index contributed by atoms with van der Waals surface area (Å²) >= 11 is 0. The SMILES string of the molecule is CCc1nonc1C(=O)N[C@H](C(=O)Nc1ccc([C@H](C)[C@@H](NS(=O)(=O)CC)C(=O)N2CCN(C)[C@H](C)C2)cc1F)C1CCC(C)CC1. The van der Waals surface area contributed by atoms with Crippen molar-refractivity contribution in [1.29, 1.82) is 0 Å². The van der Waals surface area contributed by atoms with Crippen molar-refractivity contribution in [1.82, 2.24) is 30.2 Å². The normalized spacial score (nSPS) is 22.7. The van der Waals surface area contributed by atoms with Crippen LogP contribution in [0.4, 0.5) is 10.1 Å². The van der Waals surface area contributed by atoms with Gasteiger partial charge in [-0.25, -0.2) is 22.2 Å². The van der Waals surface area contributed by atoms with Crippen molar-refractivity contribution in [2.75, 3.05) is 37.8 Å². The minimum Gasteiger partial charge on any atom is -0.338 e. The van der Waals surface area contributed by atoms with E-state index in [9.17, 15) is 22.8 Å². The van der Waals surface area contributed by atoms with Gasteiger partial charge in [0.15, 0.2) is 5.69 Å². The van der Waals surface area contributed by atoms with Gasteiger partial charge in [-0.3, -0.25) is 14.4 Å². The van der Waals surface area contributed by atoms with E-state index in [-0.39, 0.29) is 35.0 Å². The van der Waals surface area contributed by atoms with Crippen molar-refractivity contribution in [3.63, 3.8) is 0 Å². The average Bonchev–Trinajstić information content (AvgIpc) is 3.54. The highest BCUT2D eigenvalue weighted by atomic mass is 32.2. The third-order valence-corrected chi connectivity index (χ3v) is 11.1. The van der Waals surface area contributed by atoms with Crippen molar-refractivity contribution in [3.8, 4) is 0 Å². The zero-order chi connectivity index (χ0) is 34.5. The van der Waals surface area contributed by atoms with Gasteiger partial charge >= 0.3 is 0 Å². The Bertz CT molecular complexity index is 1530. The van der Waals surface area contributed by atoms with E-state index in [1.165, 1.54) is 19.1 Å². The number of nitrogens with one attached hydrogen (secondary N) is 3. The van der Waals surface area contributed by atoms with E-state index >= 15 is 4.39 Å². The summed E-state index contributed by atoms with van der Waals surface area (Å²) in [5.74, 6) is -2.89. The molecule has 15 heteroatoms. The van der Waals surface area contributed by atoms with E-state index in [0.717, 1.165) is 12.8 Å². The molecule has 1 aromatic heterocycles. The van der Waals surface area contributed by atoms with Crippen molar-refractivity contribution < 1.29 is 31.8 Å². The first-order valence-corrected chi connectivity index (χ1v) is 18.1. The van der Waals surface area contributed by atoms with E-state index in [1.807, 2.05) is 14.0 Å². The Hall–Kier alpha value is -3.43. The number of carbonyl (C=O) groups excluding carboxylic acids is 3. The smallest absolute Gasteiger partial charge is 0.276 e. The van der Waals surface area contributed by atoms with E-state index in [1.54, 1.807) is 24.8 Å². The highest BCUT2D eigenvalue weighted by molar-refractivity contribution is 7.89. The molecule has 2 aliphatic rings. The number of aromatic nitrogens is 2. The lowest BCUT2D eigenvalue weighted by atomic mass is 9.79. The Morgan fingerprint density at radius 2 is 1.79 bits per heavy atom. The van der Waals surface area contributed by atoms with Gasteiger partial charge in [-0.1, -0.05) is 44.8 Å². The van der Waals surface area contributed by atoms with Gasteiger partial charge in [0.2, 0.25) is 21.8 Å². The fourth-order valence-electron chi connectivity index (χ4n) is 6.24. The molecule has 4 rings (SSSR count). The molecule has 1 aromatic carbocycles. The molecular weight excluding hydrogens is 629 g/mol. The maximum atomic E-state index is 15.7. The summed E-state index contributed by atoms with van der Waals surface area (Å²) in [5, 5.41) is 12.9. The zero-order valence-corrected chi connectivity index (χ0v) is 28.9. The predicted octanol–water partition coefficient (Wildman–Crippen LogP) is 2.91. The number of benzene rings is 1. The quantitative estimate of drug-likeness (QED) is 0.306. The number of anilines is 1. The standard InChI is InChI=1S/C32H48FN7O6S/c1-7-25-29(37-46-36-25)31(42)35-28(22-11-9-19(3)10-12-22)30(41)34-26-14-13-23(17-24(26)33)21(5)27(38-47(44,45)8-2)32(43)40-16-15-39(6)20(4)18-40/h13-14,17,19-22,27-28,38H,7-12,15-16,18H2,1-6H3,(H,34,41)(H,35,42)/t19?,20-,21+,22?,27-,28+/m1/s1. The lowest BCUT2D eigenvalue weighted by molar-refractivity contribution is -0.136. The van der Waals surface area contributed by atoms with E-state index in [0.29, 0.717) is 56.1 Å². The third-order valence-electron chi connectivity index (χ3n) is 9.71. The third kappa shape index (κ3) is 8.93. The summed E-state index contributed by atoms with van der Waals surface area (Å²) in [5.41, 5.74) is 0.663. The number of hydrogen-bond acceptors (Lipinski definition) is 9. The van der Waals surface area contributed by atoms with Gasteiger partial charge in [0.05, 0.1) is 11.4 Å². The number of likely N-dealkylation sites (N-methyl/N-ethyl adjacent to an activating group) is 1. The molecule has 13 nitrogen and oxygen atoms in total. The molecule has 0 bridgehead atoms. The van der Waals surface area contributed by atoms with Gasteiger partial charge in [0.1, 0.15) is 23.6 Å². The molecule has 0 radical (unpaired) electrons. The molecule has 3 amide bonds. The summed E-state index contributed by atoms with van der Waals surface area (Å²) in [6.07, 6.45) is 3.63. The zero-order valence-electron chi connectivity index (χ0n) is 28.1. The van der Waals surface area contributed by atoms with Crippen LogP contribution in [0.5, 0.6) is 0 Å². The van der Waals surface area contributed by atoms with Crippen LogP contribution in [0.2, 0.25) is 0 Å². The van der Waals surface area contributed by atoms with Crippen molar-refractivity contribution in [2.24, 2.45) is 11.8 Å². The van der Waals surface area contributed by atoms with Crippen LogP contribution in [0.25, 0.3) is 0 Å². The summed E-state index contributed by atoms with van der Waals surface area (Å²) in [6.45, 7) is 10.6. The molecule has 2 fully saturated rings. The van der Waals surface area contributed by atoms with Crippen LogP contribution in [-0.4, -0.2) is 96.8 Å². The average molecular weight is 678 g/mol. The van der Waals surface area contributed by atoms with Crippen molar-refractivity contribution in [2.45, 2.75) is 90.8 Å². The first-order chi connectivity index (χ1) is 22.2. The Labute approximate surface area is 276 Å². The Morgan fingerprint density at radius 3 is 2.40 bits per heavy atom. The topological polar surface area (TPSA) is 167 Å². The van der Waals surface area contributed by atoms with E-state index in [2.05, 4.69) is 37.5 Å². The van der Waals surface area contributed by atoms with E-state index < -0.39 is 45.7 Å². The summed E-state index contributed by atoms with van der Waals surface area (Å²) in [4.78, 5) is 44.2.